The molecule has 0 atom stereocenters. The predicted molar refractivity (Wildman–Crippen MR) is 98.2 cm³/mol. The molecule has 24 heavy (non-hydrogen) atoms. The molecule has 0 unspecified atom stereocenters. The summed E-state index contributed by atoms with van der Waals surface area (Å²) in [5.74, 6) is 0.474. The Morgan fingerprint density at radius 1 is 1.25 bits per heavy atom. The van der Waals surface area contributed by atoms with Crippen LogP contribution in [0.4, 0.5) is 0 Å². The first-order chi connectivity index (χ1) is 11.5. The molecular weight excluding hydrogens is 423 g/mol. The van der Waals surface area contributed by atoms with Crippen molar-refractivity contribution in [2.45, 2.75) is 26.9 Å². The van der Waals surface area contributed by atoms with Gasteiger partial charge in [-0.25, -0.2) is 4.79 Å². The number of ether oxygens (including phenoxy) is 2. The standard InChI is InChI=1S/C18H19IO5/c1-12(2)7-8-22-17-11-23-15(9-16(17)20)10-24-18(21)13-3-5-14(19)6-4-13/h3-6,9,11-12H,7-8,10H2,1-2H3. The average Bonchev–Trinajstić information content (AvgIpc) is 2.55. The van der Waals surface area contributed by atoms with Crippen molar-refractivity contribution in [3.63, 3.8) is 0 Å². The summed E-state index contributed by atoms with van der Waals surface area (Å²) in [6, 6.07) is 8.30. The molecule has 0 aliphatic carbocycles. The number of halogens is 1. The maximum absolute atomic E-state index is 11.9. The van der Waals surface area contributed by atoms with Crippen LogP contribution in [0.1, 0.15) is 36.4 Å². The Kier molecular flexibility index (Phi) is 6.84. The summed E-state index contributed by atoms with van der Waals surface area (Å²) in [7, 11) is 0. The van der Waals surface area contributed by atoms with Crippen LogP contribution in [0, 0.1) is 9.49 Å². The minimum atomic E-state index is -0.466. The third kappa shape index (κ3) is 5.67. The van der Waals surface area contributed by atoms with E-state index in [1.54, 1.807) is 12.1 Å². The van der Waals surface area contributed by atoms with E-state index >= 15 is 0 Å². The molecule has 0 bridgehead atoms. The largest absolute Gasteiger partial charge is 0.487 e. The van der Waals surface area contributed by atoms with Gasteiger partial charge in [0.05, 0.1) is 12.2 Å². The molecule has 0 radical (unpaired) electrons. The highest BCUT2D eigenvalue weighted by Gasteiger charge is 2.10. The number of esters is 1. The molecule has 0 aliphatic rings. The molecule has 1 heterocycles. The van der Waals surface area contributed by atoms with Gasteiger partial charge in [0.1, 0.15) is 18.6 Å². The summed E-state index contributed by atoms with van der Waals surface area (Å²) in [4.78, 5) is 23.9. The van der Waals surface area contributed by atoms with Gasteiger partial charge in [-0.15, -0.1) is 0 Å². The first-order valence-electron chi connectivity index (χ1n) is 7.63. The molecule has 2 rings (SSSR count). The lowest BCUT2D eigenvalue weighted by Crippen LogP contribution is -2.11. The van der Waals surface area contributed by atoms with Crippen LogP contribution >= 0.6 is 22.6 Å². The number of hydrogen-bond acceptors (Lipinski definition) is 5. The number of benzene rings is 1. The Hall–Kier alpha value is -1.83. The second-order valence-electron chi connectivity index (χ2n) is 5.69. The van der Waals surface area contributed by atoms with Gasteiger partial charge in [-0.2, -0.15) is 0 Å². The molecule has 6 heteroatoms. The van der Waals surface area contributed by atoms with Gasteiger partial charge < -0.3 is 13.9 Å². The van der Waals surface area contributed by atoms with Crippen LogP contribution in [0.15, 0.2) is 45.8 Å². The zero-order chi connectivity index (χ0) is 17.5. The Labute approximate surface area is 154 Å². The van der Waals surface area contributed by atoms with Gasteiger partial charge in [0.2, 0.25) is 11.2 Å². The SMILES string of the molecule is CC(C)CCOc1coc(COC(=O)c2ccc(I)cc2)cc1=O. The maximum Gasteiger partial charge on any atom is 0.338 e. The monoisotopic (exact) mass is 442 g/mol. The fourth-order valence-electron chi connectivity index (χ4n) is 1.83. The van der Waals surface area contributed by atoms with Crippen molar-refractivity contribution in [3.05, 3.63) is 61.7 Å². The molecule has 0 spiro atoms. The summed E-state index contributed by atoms with van der Waals surface area (Å²) in [5.41, 5.74) is 0.164. The number of hydrogen-bond donors (Lipinski definition) is 0. The minimum Gasteiger partial charge on any atom is -0.487 e. The average molecular weight is 442 g/mol. The number of carbonyl (C=O) groups is 1. The van der Waals surface area contributed by atoms with Gasteiger partial charge in [-0.05, 0) is 59.2 Å². The molecular formula is C18H19IO5. The molecule has 2 aromatic rings. The topological polar surface area (TPSA) is 65.7 Å². The fourth-order valence-corrected chi connectivity index (χ4v) is 2.19. The van der Waals surface area contributed by atoms with Gasteiger partial charge in [0.15, 0.2) is 0 Å². The third-order valence-electron chi connectivity index (χ3n) is 3.23. The van der Waals surface area contributed by atoms with Crippen molar-refractivity contribution in [1.29, 1.82) is 0 Å². The first-order valence-corrected chi connectivity index (χ1v) is 8.71. The first kappa shape index (κ1) is 18.5. The van der Waals surface area contributed by atoms with Crippen LogP contribution in [-0.2, 0) is 11.3 Å². The second-order valence-corrected chi connectivity index (χ2v) is 6.93. The molecule has 1 aromatic carbocycles. The van der Waals surface area contributed by atoms with Crippen LogP contribution in [0.2, 0.25) is 0 Å². The van der Waals surface area contributed by atoms with Crippen LogP contribution in [0.25, 0.3) is 0 Å². The van der Waals surface area contributed by atoms with Crippen LogP contribution in [0.3, 0.4) is 0 Å². The van der Waals surface area contributed by atoms with Crippen molar-refractivity contribution in [2.24, 2.45) is 5.92 Å². The van der Waals surface area contributed by atoms with Gasteiger partial charge in [-0.1, -0.05) is 13.8 Å². The molecule has 0 saturated heterocycles. The Bertz CT molecular complexity index is 734. The molecule has 0 saturated carbocycles. The molecule has 0 fully saturated rings. The number of rotatable bonds is 7. The van der Waals surface area contributed by atoms with Crippen LogP contribution in [-0.4, -0.2) is 12.6 Å². The highest BCUT2D eigenvalue weighted by molar-refractivity contribution is 14.1. The second kappa shape index (κ2) is 8.86. The van der Waals surface area contributed by atoms with Crippen molar-refractivity contribution >= 4 is 28.6 Å². The third-order valence-corrected chi connectivity index (χ3v) is 3.95. The lowest BCUT2D eigenvalue weighted by atomic mass is 10.1. The summed E-state index contributed by atoms with van der Waals surface area (Å²) < 4.78 is 16.9. The molecule has 5 nitrogen and oxygen atoms in total. The summed E-state index contributed by atoms with van der Waals surface area (Å²) in [5, 5.41) is 0. The van der Waals surface area contributed by atoms with E-state index in [-0.39, 0.29) is 23.5 Å². The van der Waals surface area contributed by atoms with Gasteiger partial charge >= 0.3 is 5.97 Å². The van der Waals surface area contributed by atoms with Gasteiger partial charge in [0.25, 0.3) is 0 Å². The Balaban J connectivity index is 1.91. The molecule has 1 aromatic heterocycles. The quantitative estimate of drug-likeness (QED) is 0.479. The minimum absolute atomic E-state index is 0.105. The maximum atomic E-state index is 11.9. The molecule has 0 amide bonds. The van der Waals surface area contributed by atoms with Crippen molar-refractivity contribution in [3.8, 4) is 5.75 Å². The van der Waals surface area contributed by atoms with E-state index in [0.29, 0.717) is 18.1 Å². The summed E-state index contributed by atoms with van der Waals surface area (Å²) in [6.07, 6.45) is 2.12. The van der Waals surface area contributed by atoms with E-state index < -0.39 is 5.97 Å². The van der Waals surface area contributed by atoms with E-state index in [4.69, 9.17) is 13.9 Å². The zero-order valence-electron chi connectivity index (χ0n) is 13.6. The summed E-state index contributed by atoms with van der Waals surface area (Å²) >= 11 is 2.16. The molecule has 0 aliphatic heterocycles. The Morgan fingerprint density at radius 2 is 1.96 bits per heavy atom. The van der Waals surface area contributed by atoms with Crippen molar-refractivity contribution in [1.82, 2.24) is 0 Å². The van der Waals surface area contributed by atoms with E-state index in [1.165, 1.54) is 12.3 Å². The van der Waals surface area contributed by atoms with E-state index in [2.05, 4.69) is 36.4 Å². The van der Waals surface area contributed by atoms with E-state index in [0.717, 1.165) is 9.99 Å². The van der Waals surface area contributed by atoms with E-state index in [9.17, 15) is 9.59 Å². The lowest BCUT2D eigenvalue weighted by Gasteiger charge is -2.08. The highest BCUT2D eigenvalue weighted by Crippen LogP contribution is 2.11. The van der Waals surface area contributed by atoms with Gasteiger partial charge in [0, 0.05) is 9.64 Å². The van der Waals surface area contributed by atoms with Crippen molar-refractivity contribution < 1.29 is 18.7 Å². The Morgan fingerprint density at radius 3 is 2.58 bits per heavy atom. The summed E-state index contributed by atoms with van der Waals surface area (Å²) in [6.45, 7) is 4.52. The number of carbonyl (C=O) groups excluding carboxylic acids is 1. The van der Waals surface area contributed by atoms with Crippen LogP contribution < -0.4 is 10.2 Å². The highest BCUT2D eigenvalue weighted by atomic mass is 127. The lowest BCUT2D eigenvalue weighted by molar-refractivity contribution is 0.0442. The van der Waals surface area contributed by atoms with E-state index in [1.807, 2.05) is 12.1 Å². The fraction of sp³-hybridized carbons (Fsp3) is 0.333. The predicted octanol–water partition coefficient (Wildman–Crippen LogP) is 4.03. The smallest absolute Gasteiger partial charge is 0.338 e. The normalized spacial score (nSPS) is 10.7. The van der Waals surface area contributed by atoms with Crippen LogP contribution in [0.5, 0.6) is 5.75 Å². The molecule has 0 N–H and O–H groups in total. The molecule has 128 valence electrons. The van der Waals surface area contributed by atoms with Crippen molar-refractivity contribution in [2.75, 3.05) is 6.61 Å². The zero-order valence-corrected chi connectivity index (χ0v) is 15.7. The van der Waals surface area contributed by atoms with Gasteiger partial charge in [-0.3, -0.25) is 4.79 Å².